The number of unbranched alkanes of at least 4 members (excludes halogenated alkanes) is 2. The summed E-state index contributed by atoms with van der Waals surface area (Å²) in [6, 6.07) is 0. The third-order valence-electron chi connectivity index (χ3n) is 4.78. The molecule has 0 aromatic rings. The lowest BCUT2D eigenvalue weighted by molar-refractivity contribution is -0.138. The van der Waals surface area contributed by atoms with Gasteiger partial charge in [0.2, 0.25) is 0 Å². The van der Waals surface area contributed by atoms with E-state index in [9.17, 15) is 19.5 Å². The fourth-order valence-electron chi connectivity index (χ4n) is 2.74. The van der Waals surface area contributed by atoms with Gasteiger partial charge < -0.3 is 15.5 Å². The maximum Gasteiger partial charge on any atom is 0.251 e. The van der Waals surface area contributed by atoms with Crippen LogP contribution in [0, 0.1) is 0 Å². The zero-order chi connectivity index (χ0) is 19.2. The topological polar surface area (TPSA) is 104 Å². The standard InChI is InChI=1S/C19H29NO5/c1-12-13(2)17(23)15(14(3)16(12)22)8-9-19(4,25)18(24)20-10-6-5-7-11-21/h21,25H,5-11H2,1-4H3,(H,20,24). The van der Waals surface area contributed by atoms with Crippen molar-refractivity contribution in [2.24, 2.45) is 0 Å². The van der Waals surface area contributed by atoms with Gasteiger partial charge in [0.05, 0.1) is 0 Å². The number of carbonyl (C=O) groups excluding carboxylic acids is 3. The molecule has 0 fully saturated rings. The van der Waals surface area contributed by atoms with E-state index in [0.717, 1.165) is 12.8 Å². The van der Waals surface area contributed by atoms with E-state index < -0.39 is 11.5 Å². The van der Waals surface area contributed by atoms with Crippen molar-refractivity contribution in [3.8, 4) is 0 Å². The van der Waals surface area contributed by atoms with Crippen molar-refractivity contribution in [1.29, 1.82) is 0 Å². The molecule has 1 unspecified atom stereocenters. The minimum atomic E-state index is -1.61. The highest BCUT2D eigenvalue weighted by molar-refractivity contribution is 6.24. The number of rotatable bonds is 9. The van der Waals surface area contributed by atoms with E-state index in [0.29, 0.717) is 35.3 Å². The first kappa shape index (κ1) is 21.3. The predicted octanol–water partition coefficient (Wildman–Crippen LogP) is 1.60. The maximum absolute atomic E-state index is 12.4. The summed E-state index contributed by atoms with van der Waals surface area (Å²) < 4.78 is 0. The van der Waals surface area contributed by atoms with Crippen LogP contribution in [0.4, 0.5) is 0 Å². The zero-order valence-corrected chi connectivity index (χ0v) is 15.6. The van der Waals surface area contributed by atoms with Gasteiger partial charge in [0, 0.05) is 35.4 Å². The average Bonchev–Trinajstić information content (AvgIpc) is 2.57. The van der Waals surface area contributed by atoms with E-state index >= 15 is 0 Å². The highest BCUT2D eigenvalue weighted by Gasteiger charge is 2.33. The first-order valence-electron chi connectivity index (χ1n) is 8.71. The SMILES string of the molecule is CC1=C(C)C(=O)C(CCC(C)(O)C(=O)NCCCCCO)=C(C)C1=O. The molecule has 1 aliphatic rings. The van der Waals surface area contributed by atoms with E-state index in [4.69, 9.17) is 5.11 Å². The zero-order valence-electron chi connectivity index (χ0n) is 15.6. The maximum atomic E-state index is 12.4. The number of Topliss-reactive ketones (excluding diaryl/α,β-unsaturated/α-hetero) is 2. The van der Waals surface area contributed by atoms with Crippen molar-refractivity contribution < 1.29 is 24.6 Å². The van der Waals surface area contributed by atoms with Gasteiger partial charge in [-0.1, -0.05) is 0 Å². The van der Waals surface area contributed by atoms with Gasteiger partial charge in [-0.3, -0.25) is 14.4 Å². The molecule has 0 aromatic heterocycles. The second kappa shape index (κ2) is 9.06. The van der Waals surface area contributed by atoms with E-state index in [1.165, 1.54) is 6.92 Å². The van der Waals surface area contributed by atoms with Gasteiger partial charge in [0.15, 0.2) is 11.6 Å². The lowest BCUT2D eigenvalue weighted by Gasteiger charge is -2.24. The Bertz CT molecular complexity index is 613. The fourth-order valence-corrected chi connectivity index (χ4v) is 2.74. The number of aliphatic hydroxyl groups excluding tert-OH is 1. The summed E-state index contributed by atoms with van der Waals surface area (Å²) in [4.78, 5) is 36.7. The lowest BCUT2D eigenvalue weighted by atomic mass is 9.82. The summed E-state index contributed by atoms with van der Waals surface area (Å²) in [7, 11) is 0. The molecular weight excluding hydrogens is 322 g/mol. The molecule has 1 atom stereocenters. The molecule has 6 nitrogen and oxygen atoms in total. The first-order chi connectivity index (χ1) is 11.6. The molecule has 0 saturated heterocycles. The largest absolute Gasteiger partial charge is 0.396 e. The third-order valence-corrected chi connectivity index (χ3v) is 4.78. The van der Waals surface area contributed by atoms with Crippen LogP contribution >= 0.6 is 0 Å². The summed E-state index contributed by atoms with van der Waals surface area (Å²) >= 11 is 0. The van der Waals surface area contributed by atoms with Gasteiger partial charge in [0.25, 0.3) is 5.91 Å². The number of allylic oxidation sites excluding steroid dienone is 4. The van der Waals surface area contributed by atoms with Gasteiger partial charge in [-0.15, -0.1) is 0 Å². The smallest absolute Gasteiger partial charge is 0.251 e. The van der Waals surface area contributed by atoms with Crippen molar-refractivity contribution in [2.75, 3.05) is 13.2 Å². The molecule has 1 aliphatic carbocycles. The minimum absolute atomic E-state index is 0.0630. The van der Waals surface area contributed by atoms with E-state index in [1.807, 2.05) is 0 Å². The molecule has 0 saturated carbocycles. The summed E-state index contributed by atoms with van der Waals surface area (Å²) in [6.45, 7) is 6.83. The molecule has 25 heavy (non-hydrogen) atoms. The van der Waals surface area contributed by atoms with Crippen LogP contribution in [0.15, 0.2) is 22.3 Å². The van der Waals surface area contributed by atoms with Gasteiger partial charge >= 0.3 is 0 Å². The van der Waals surface area contributed by atoms with Crippen LogP contribution in [0.5, 0.6) is 0 Å². The van der Waals surface area contributed by atoms with Crippen molar-refractivity contribution >= 4 is 17.5 Å². The van der Waals surface area contributed by atoms with Crippen molar-refractivity contribution in [3.63, 3.8) is 0 Å². The van der Waals surface area contributed by atoms with Crippen LogP contribution in [0.3, 0.4) is 0 Å². The highest BCUT2D eigenvalue weighted by atomic mass is 16.3. The molecule has 1 rings (SSSR count). The molecule has 0 aromatic carbocycles. The van der Waals surface area contributed by atoms with Crippen LogP contribution in [-0.4, -0.2) is 46.4 Å². The van der Waals surface area contributed by atoms with Crippen molar-refractivity contribution in [1.82, 2.24) is 5.32 Å². The van der Waals surface area contributed by atoms with Crippen molar-refractivity contribution in [3.05, 3.63) is 22.3 Å². The Balaban J connectivity index is 2.64. The van der Waals surface area contributed by atoms with Crippen LogP contribution in [0.2, 0.25) is 0 Å². The number of hydrogen-bond donors (Lipinski definition) is 3. The molecule has 0 aliphatic heterocycles. The summed E-state index contributed by atoms with van der Waals surface area (Å²) in [5.74, 6) is -0.831. The quantitative estimate of drug-likeness (QED) is 0.432. The second-order valence-electron chi connectivity index (χ2n) is 6.83. The normalized spacial score (nSPS) is 17.8. The van der Waals surface area contributed by atoms with E-state index in [-0.39, 0.29) is 31.0 Å². The number of amides is 1. The minimum Gasteiger partial charge on any atom is -0.396 e. The molecule has 0 heterocycles. The van der Waals surface area contributed by atoms with Crippen molar-refractivity contribution in [2.45, 2.75) is 65.4 Å². The number of nitrogens with one attached hydrogen (secondary N) is 1. The monoisotopic (exact) mass is 351 g/mol. The Kier molecular flexibility index (Phi) is 7.70. The van der Waals surface area contributed by atoms with Gasteiger partial charge in [-0.05, 0) is 59.8 Å². The van der Waals surface area contributed by atoms with E-state index in [2.05, 4.69) is 5.32 Å². The Hall–Kier alpha value is -1.79. The van der Waals surface area contributed by atoms with Crippen LogP contribution in [0.1, 0.15) is 59.8 Å². The predicted molar refractivity (Wildman–Crippen MR) is 94.9 cm³/mol. The molecule has 0 radical (unpaired) electrons. The third kappa shape index (κ3) is 5.34. The first-order valence-corrected chi connectivity index (χ1v) is 8.71. The highest BCUT2D eigenvalue weighted by Crippen LogP contribution is 2.28. The van der Waals surface area contributed by atoms with Gasteiger partial charge in [-0.25, -0.2) is 0 Å². The Morgan fingerprint density at radius 2 is 1.60 bits per heavy atom. The second-order valence-corrected chi connectivity index (χ2v) is 6.83. The Morgan fingerprint density at radius 1 is 1.00 bits per heavy atom. The molecule has 140 valence electrons. The number of hydrogen-bond acceptors (Lipinski definition) is 5. The molecular formula is C19H29NO5. The molecule has 0 bridgehead atoms. The Morgan fingerprint density at radius 3 is 2.20 bits per heavy atom. The molecule has 6 heteroatoms. The van der Waals surface area contributed by atoms with E-state index in [1.54, 1.807) is 20.8 Å². The Labute approximate surface area is 149 Å². The lowest BCUT2D eigenvalue weighted by Crippen LogP contribution is -2.45. The molecule has 3 N–H and O–H groups in total. The summed E-state index contributed by atoms with van der Waals surface area (Å²) in [5, 5.41) is 21.8. The van der Waals surface area contributed by atoms with Gasteiger partial charge in [-0.2, -0.15) is 0 Å². The fraction of sp³-hybridized carbons (Fsp3) is 0.632. The van der Waals surface area contributed by atoms with Gasteiger partial charge in [0.1, 0.15) is 5.60 Å². The molecule has 1 amide bonds. The number of aliphatic hydroxyl groups is 2. The number of carbonyl (C=O) groups is 3. The number of ketones is 2. The molecule has 0 spiro atoms. The van der Waals surface area contributed by atoms with Crippen LogP contribution < -0.4 is 5.32 Å². The van der Waals surface area contributed by atoms with Crippen LogP contribution in [0.25, 0.3) is 0 Å². The van der Waals surface area contributed by atoms with Crippen LogP contribution in [-0.2, 0) is 14.4 Å². The summed E-state index contributed by atoms with van der Waals surface area (Å²) in [5.41, 5.74) is 0.0483. The average molecular weight is 351 g/mol. The summed E-state index contributed by atoms with van der Waals surface area (Å²) in [6.07, 6.45) is 2.44.